The average molecular weight is 423 g/mol. The quantitative estimate of drug-likeness (QED) is 0.623. The third-order valence-corrected chi connectivity index (χ3v) is 7.77. The maximum atomic E-state index is 12.4. The molecule has 1 aromatic carbocycles. The summed E-state index contributed by atoms with van der Waals surface area (Å²) in [5, 5.41) is 4.73. The van der Waals surface area contributed by atoms with Gasteiger partial charge in [-0.15, -0.1) is 11.3 Å². The Bertz CT molecular complexity index is 844. The Hall–Kier alpha value is -1.70. The van der Waals surface area contributed by atoms with E-state index < -0.39 is 10.0 Å². The standard InChI is InChI=1S/C21H30N2O3S2/c1-16(2)15-18-9-11-19(12-10-18)17(3)22-20(24)7-5-13-23(4)28(25,26)21-8-6-14-27-21/h6,8-12,14,16-17H,5,7,13,15H2,1-4H3,(H,22,24). The lowest BCUT2D eigenvalue weighted by Crippen LogP contribution is -2.30. The van der Waals surface area contributed by atoms with Crippen LogP contribution in [0.2, 0.25) is 0 Å². The van der Waals surface area contributed by atoms with Crippen LogP contribution in [-0.2, 0) is 21.2 Å². The number of carbonyl (C=O) groups excluding carboxylic acids is 1. The fourth-order valence-electron chi connectivity index (χ4n) is 2.96. The third kappa shape index (κ3) is 6.43. The van der Waals surface area contributed by atoms with Crippen molar-refractivity contribution in [2.24, 2.45) is 5.92 Å². The number of rotatable bonds is 10. The van der Waals surface area contributed by atoms with Gasteiger partial charge in [-0.05, 0) is 48.3 Å². The molecule has 2 aromatic rings. The third-order valence-electron chi connectivity index (χ3n) is 4.54. The van der Waals surface area contributed by atoms with Gasteiger partial charge in [0.2, 0.25) is 5.91 Å². The van der Waals surface area contributed by atoms with Gasteiger partial charge >= 0.3 is 0 Å². The average Bonchev–Trinajstić information content (AvgIpc) is 3.17. The fourth-order valence-corrected chi connectivity index (χ4v) is 5.37. The first-order valence-electron chi connectivity index (χ1n) is 9.58. The van der Waals surface area contributed by atoms with Crippen LogP contribution in [0.3, 0.4) is 0 Å². The summed E-state index contributed by atoms with van der Waals surface area (Å²) in [5.41, 5.74) is 2.37. The van der Waals surface area contributed by atoms with Gasteiger partial charge in [-0.1, -0.05) is 44.2 Å². The second kappa shape index (κ2) is 10.2. The Kier molecular flexibility index (Phi) is 8.22. The van der Waals surface area contributed by atoms with Crippen LogP contribution < -0.4 is 5.32 Å². The van der Waals surface area contributed by atoms with Gasteiger partial charge in [0.1, 0.15) is 4.21 Å². The second-order valence-corrected chi connectivity index (χ2v) is 10.7. The molecule has 5 nitrogen and oxygen atoms in total. The summed E-state index contributed by atoms with van der Waals surface area (Å²) in [7, 11) is -1.90. The van der Waals surface area contributed by atoms with Crippen molar-refractivity contribution >= 4 is 27.3 Å². The van der Waals surface area contributed by atoms with Crippen LogP contribution >= 0.6 is 11.3 Å². The SMILES string of the molecule is CC(C)Cc1ccc(C(C)NC(=O)CCCN(C)S(=O)(=O)c2cccs2)cc1. The summed E-state index contributed by atoms with van der Waals surface area (Å²) in [4.78, 5) is 12.2. The molecule has 154 valence electrons. The molecule has 28 heavy (non-hydrogen) atoms. The predicted octanol–water partition coefficient (Wildman–Crippen LogP) is 4.22. The monoisotopic (exact) mass is 422 g/mol. The molecule has 1 N–H and O–H groups in total. The lowest BCUT2D eigenvalue weighted by atomic mass is 10.00. The van der Waals surface area contributed by atoms with E-state index in [0.29, 0.717) is 29.5 Å². The van der Waals surface area contributed by atoms with Gasteiger partial charge in [-0.2, -0.15) is 0 Å². The Balaban J connectivity index is 1.79. The second-order valence-electron chi connectivity index (χ2n) is 7.49. The van der Waals surface area contributed by atoms with Gasteiger partial charge in [-0.3, -0.25) is 4.79 Å². The molecule has 0 fully saturated rings. The Labute approximate surface area is 172 Å². The Morgan fingerprint density at radius 1 is 1.14 bits per heavy atom. The number of carbonyl (C=O) groups is 1. The number of hydrogen-bond donors (Lipinski definition) is 1. The van der Waals surface area contributed by atoms with Gasteiger partial charge in [0.25, 0.3) is 10.0 Å². The molecule has 1 heterocycles. The highest BCUT2D eigenvalue weighted by molar-refractivity contribution is 7.91. The largest absolute Gasteiger partial charge is 0.350 e. The van der Waals surface area contributed by atoms with Gasteiger partial charge in [0, 0.05) is 20.0 Å². The van der Waals surface area contributed by atoms with E-state index in [0.717, 1.165) is 12.0 Å². The fraction of sp³-hybridized carbons (Fsp3) is 0.476. The van der Waals surface area contributed by atoms with Gasteiger partial charge in [0.15, 0.2) is 0 Å². The molecule has 0 radical (unpaired) electrons. The van der Waals surface area contributed by atoms with E-state index in [9.17, 15) is 13.2 Å². The Morgan fingerprint density at radius 2 is 1.82 bits per heavy atom. The van der Waals surface area contributed by atoms with Crippen molar-refractivity contribution in [3.63, 3.8) is 0 Å². The number of benzene rings is 1. The molecule has 1 atom stereocenters. The van der Waals surface area contributed by atoms with E-state index in [1.165, 1.54) is 21.2 Å². The molecule has 0 saturated heterocycles. The summed E-state index contributed by atoms with van der Waals surface area (Å²) >= 11 is 1.20. The molecule has 0 bridgehead atoms. The van der Waals surface area contributed by atoms with Crippen molar-refractivity contribution in [2.75, 3.05) is 13.6 Å². The summed E-state index contributed by atoms with van der Waals surface area (Å²) in [5.74, 6) is 0.547. The lowest BCUT2D eigenvalue weighted by Gasteiger charge is -2.17. The number of hydrogen-bond acceptors (Lipinski definition) is 4. The van der Waals surface area contributed by atoms with Crippen LogP contribution in [0.25, 0.3) is 0 Å². The molecule has 2 rings (SSSR count). The van der Waals surface area contributed by atoms with Crippen molar-refractivity contribution in [3.05, 3.63) is 52.9 Å². The number of amides is 1. The smallest absolute Gasteiger partial charge is 0.252 e. The molecular weight excluding hydrogens is 392 g/mol. The molecule has 1 amide bonds. The van der Waals surface area contributed by atoms with Gasteiger partial charge in [0.05, 0.1) is 6.04 Å². The first kappa shape index (κ1) is 22.6. The van der Waals surface area contributed by atoms with E-state index in [1.54, 1.807) is 24.6 Å². The number of sulfonamides is 1. The minimum absolute atomic E-state index is 0.0688. The topological polar surface area (TPSA) is 66.5 Å². The van der Waals surface area contributed by atoms with Crippen molar-refractivity contribution in [2.45, 2.75) is 50.3 Å². The summed E-state index contributed by atoms with van der Waals surface area (Å²) in [6.45, 7) is 6.66. The highest BCUT2D eigenvalue weighted by Gasteiger charge is 2.21. The molecule has 1 aromatic heterocycles. The molecule has 0 aliphatic carbocycles. The minimum Gasteiger partial charge on any atom is -0.350 e. The molecule has 0 aliphatic rings. The van der Waals surface area contributed by atoms with Crippen molar-refractivity contribution < 1.29 is 13.2 Å². The van der Waals surface area contributed by atoms with Crippen LogP contribution in [0.1, 0.15) is 50.8 Å². The lowest BCUT2D eigenvalue weighted by molar-refractivity contribution is -0.121. The minimum atomic E-state index is -3.45. The Morgan fingerprint density at radius 3 is 2.39 bits per heavy atom. The molecule has 0 saturated carbocycles. The summed E-state index contributed by atoms with van der Waals surface area (Å²) in [6, 6.07) is 11.6. The first-order valence-corrected chi connectivity index (χ1v) is 11.9. The summed E-state index contributed by atoms with van der Waals surface area (Å²) in [6.07, 6.45) is 1.82. The molecule has 0 spiro atoms. The van der Waals surface area contributed by atoms with E-state index in [2.05, 4.69) is 43.4 Å². The molecular formula is C21H30N2O3S2. The number of nitrogens with zero attached hydrogens (tertiary/aromatic N) is 1. The van der Waals surface area contributed by atoms with Gasteiger partial charge < -0.3 is 5.32 Å². The van der Waals surface area contributed by atoms with Crippen LogP contribution in [0.15, 0.2) is 46.0 Å². The highest BCUT2D eigenvalue weighted by Crippen LogP contribution is 2.20. The number of nitrogens with one attached hydrogen (secondary N) is 1. The first-order chi connectivity index (χ1) is 13.2. The highest BCUT2D eigenvalue weighted by atomic mass is 32.2. The molecule has 1 unspecified atom stereocenters. The van der Waals surface area contributed by atoms with Crippen molar-refractivity contribution in [3.8, 4) is 0 Å². The van der Waals surface area contributed by atoms with Gasteiger partial charge in [-0.25, -0.2) is 12.7 Å². The van der Waals surface area contributed by atoms with Crippen molar-refractivity contribution in [1.29, 1.82) is 0 Å². The predicted molar refractivity (Wildman–Crippen MR) is 115 cm³/mol. The van der Waals surface area contributed by atoms with E-state index in [4.69, 9.17) is 0 Å². The molecule has 0 aliphatic heterocycles. The zero-order valence-electron chi connectivity index (χ0n) is 17.0. The summed E-state index contributed by atoms with van der Waals surface area (Å²) < 4.78 is 26.4. The van der Waals surface area contributed by atoms with E-state index >= 15 is 0 Å². The van der Waals surface area contributed by atoms with Crippen LogP contribution in [0, 0.1) is 5.92 Å². The van der Waals surface area contributed by atoms with E-state index in [-0.39, 0.29) is 11.9 Å². The molecule has 7 heteroatoms. The van der Waals surface area contributed by atoms with Crippen molar-refractivity contribution in [1.82, 2.24) is 9.62 Å². The maximum absolute atomic E-state index is 12.4. The van der Waals surface area contributed by atoms with Crippen LogP contribution in [0.4, 0.5) is 0 Å². The zero-order valence-corrected chi connectivity index (χ0v) is 18.6. The maximum Gasteiger partial charge on any atom is 0.252 e. The normalized spacial score (nSPS) is 13.1. The zero-order chi connectivity index (χ0) is 20.7. The van der Waals surface area contributed by atoms with Crippen LogP contribution in [-0.4, -0.2) is 32.2 Å². The number of thiophene rings is 1. The van der Waals surface area contributed by atoms with E-state index in [1.807, 2.05) is 6.92 Å². The van der Waals surface area contributed by atoms with Crippen LogP contribution in [0.5, 0.6) is 0 Å².